The summed E-state index contributed by atoms with van der Waals surface area (Å²) in [6.45, 7) is 3.32. The van der Waals surface area contributed by atoms with Crippen molar-refractivity contribution < 1.29 is 14.3 Å². The lowest BCUT2D eigenvalue weighted by Crippen LogP contribution is -2.45. The molecule has 1 atom stereocenters. The van der Waals surface area contributed by atoms with E-state index in [0.717, 1.165) is 25.8 Å². The minimum atomic E-state index is 0.0771. The molecule has 2 fully saturated rings. The molecule has 3 rings (SSSR count). The maximum Gasteiger partial charge on any atom is 0.223 e. The molecule has 0 radical (unpaired) electrons. The van der Waals surface area contributed by atoms with Crippen LogP contribution in [-0.4, -0.2) is 60.5 Å². The second-order valence-electron chi connectivity index (χ2n) is 6.92. The summed E-state index contributed by atoms with van der Waals surface area (Å²) in [6, 6.07) is 10.6. The van der Waals surface area contributed by atoms with Gasteiger partial charge >= 0.3 is 0 Å². The highest BCUT2D eigenvalue weighted by molar-refractivity contribution is 5.84. The van der Waals surface area contributed by atoms with Crippen molar-refractivity contribution in [3.8, 4) is 0 Å². The molecule has 2 aliphatic rings. The average molecular weight is 344 g/mol. The maximum atomic E-state index is 12.7. The van der Waals surface area contributed by atoms with Crippen molar-refractivity contribution in [1.29, 1.82) is 0 Å². The van der Waals surface area contributed by atoms with Crippen LogP contribution in [0.2, 0.25) is 0 Å². The Bertz CT molecular complexity index is 570. The average Bonchev–Trinajstić information content (AvgIpc) is 2.68. The predicted octanol–water partition coefficient (Wildman–Crippen LogP) is 2.25. The van der Waals surface area contributed by atoms with Crippen LogP contribution in [0.1, 0.15) is 37.7 Å². The van der Waals surface area contributed by atoms with Crippen molar-refractivity contribution in [2.24, 2.45) is 0 Å². The highest BCUT2D eigenvalue weighted by atomic mass is 16.5. The lowest BCUT2D eigenvalue weighted by molar-refractivity contribution is -0.141. The first kappa shape index (κ1) is 17.9. The fourth-order valence-electron chi connectivity index (χ4n) is 3.76. The number of morpholine rings is 1. The molecule has 0 bridgehead atoms. The van der Waals surface area contributed by atoms with Gasteiger partial charge < -0.3 is 14.5 Å². The third kappa shape index (κ3) is 5.05. The molecule has 2 aliphatic heterocycles. The molecule has 0 aromatic heterocycles. The van der Waals surface area contributed by atoms with Gasteiger partial charge in [0.2, 0.25) is 11.8 Å². The van der Waals surface area contributed by atoms with Crippen LogP contribution in [0.5, 0.6) is 0 Å². The number of nitrogens with zero attached hydrogens (tertiary/aromatic N) is 2. The molecule has 0 saturated carbocycles. The quantitative estimate of drug-likeness (QED) is 0.823. The van der Waals surface area contributed by atoms with Crippen molar-refractivity contribution in [1.82, 2.24) is 9.80 Å². The van der Waals surface area contributed by atoms with Gasteiger partial charge in [-0.2, -0.15) is 0 Å². The molecule has 1 aromatic rings. The number of rotatable bonds is 5. The van der Waals surface area contributed by atoms with E-state index < -0.39 is 0 Å². The van der Waals surface area contributed by atoms with E-state index in [1.54, 1.807) is 0 Å². The van der Waals surface area contributed by atoms with Gasteiger partial charge in [0, 0.05) is 38.5 Å². The van der Waals surface area contributed by atoms with E-state index in [2.05, 4.69) is 12.1 Å². The number of ether oxygens (including phenoxy) is 1. The van der Waals surface area contributed by atoms with Crippen molar-refractivity contribution in [2.75, 3.05) is 32.8 Å². The number of hydrogen-bond donors (Lipinski definition) is 0. The third-order valence-corrected chi connectivity index (χ3v) is 5.18. The zero-order valence-corrected chi connectivity index (χ0v) is 14.9. The third-order valence-electron chi connectivity index (χ3n) is 5.18. The fraction of sp³-hybridized carbons (Fsp3) is 0.600. The minimum absolute atomic E-state index is 0.0771. The highest BCUT2D eigenvalue weighted by Gasteiger charge is 2.27. The largest absolute Gasteiger partial charge is 0.378 e. The molecule has 0 spiro atoms. The Morgan fingerprint density at radius 3 is 2.44 bits per heavy atom. The molecule has 2 saturated heterocycles. The van der Waals surface area contributed by atoms with Gasteiger partial charge in [0.1, 0.15) is 0 Å². The molecule has 5 nitrogen and oxygen atoms in total. The second-order valence-corrected chi connectivity index (χ2v) is 6.92. The second kappa shape index (κ2) is 8.99. The first-order valence-corrected chi connectivity index (χ1v) is 9.43. The van der Waals surface area contributed by atoms with Gasteiger partial charge in [-0.1, -0.05) is 30.3 Å². The number of benzene rings is 1. The molecular formula is C20H28N2O3. The Kier molecular flexibility index (Phi) is 6.45. The summed E-state index contributed by atoms with van der Waals surface area (Å²) >= 11 is 0. The van der Waals surface area contributed by atoms with Crippen LogP contribution < -0.4 is 0 Å². The lowest BCUT2D eigenvalue weighted by Gasteiger charge is -2.36. The van der Waals surface area contributed by atoms with Crippen LogP contribution in [-0.2, 0) is 20.7 Å². The van der Waals surface area contributed by atoms with Crippen molar-refractivity contribution in [2.45, 2.75) is 44.6 Å². The predicted molar refractivity (Wildman–Crippen MR) is 96.1 cm³/mol. The Hall–Kier alpha value is -1.88. The van der Waals surface area contributed by atoms with Crippen molar-refractivity contribution in [3.63, 3.8) is 0 Å². The number of carbonyl (C=O) groups is 2. The molecular weight excluding hydrogens is 316 g/mol. The molecule has 25 heavy (non-hydrogen) atoms. The number of hydrogen-bond acceptors (Lipinski definition) is 3. The molecule has 136 valence electrons. The summed E-state index contributed by atoms with van der Waals surface area (Å²) in [5, 5.41) is 0. The first-order valence-electron chi connectivity index (χ1n) is 9.43. The summed E-state index contributed by atoms with van der Waals surface area (Å²) in [5.74, 6) is 0.204. The Morgan fingerprint density at radius 2 is 1.68 bits per heavy atom. The molecule has 5 heteroatoms. The van der Waals surface area contributed by atoms with Crippen LogP contribution in [0.25, 0.3) is 0 Å². The first-order chi connectivity index (χ1) is 12.2. The van der Waals surface area contributed by atoms with E-state index in [1.165, 1.54) is 12.0 Å². The smallest absolute Gasteiger partial charge is 0.223 e. The lowest BCUT2D eigenvalue weighted by atomic mass is 9.95. The number of likely N-dealkylation sites (tertiary alicyclic amines) is 1. The van der Waals surface area contributed by atoms with E-state index in [0.29, 0.717) is 39.1 Å². The summed E-state index contributed by atoms with van der Waals surface area (Å²) < 4.78 is 5.27. The molecule has 0 N–H and O–H groups in total. The van der Waals surface area contributed by atoms with Gasteiger partial charge in [0.05, 0.1) is 13.2 Å². The van der Waals surface area contributed by atoms with Gasteiger partial charge in [0.25, 0.3) is 0 Å². The number of amides is 2. The molecule has 0 aliphatic carbocycles. The maximum absolute atomic E-state index is 12.7. The van der Waals surface area contributed by atoms with Crippen LogP contribution >= 0.6 is 0 Å². The van der Waals surface area contributed by atoms with Crippen molar-refractivity contribution >= 4 is 11.8 Å². The van der Waals surface area contributed by atoms with Crippen LogP contribution in [0.15, 0.2) is 30.3 Å². The Labute approximate surface area is 149 Å². The molecule has 1 aromatic carbocycles. The van der Waals surface area contributed by atoms with Crippen LogP contribution in [0.3, 0.4) is 0 Å². The van der Waals surface area contributed by atoms with Gasteiger partial charge in [0.15, 0.2) is 0 Å². The summed E-state index contributed by atoms with van der Waals surface area (Å²) in [7, 11) is 0. The number of carbonyl (C=O) groups excluding carboxylic acids is 2. The summed E-state index contributed by atoms with van der Waals surface area (Å²) in [5.41, 5.74) is 1.27. The van der Waals surface area contributed by atoms with E-state index >= 15 is 0 Å². The number of piperidine rings is 1. The molecule has 2 heterocycles. The van der Waals surface area contributed by atoms with E-state index in [4.69, 9.17) is 4.74 Å². The van der Waals surface area contributed by atoms with Gasteiger partial charge in [-0.3, -0.25) is 9.59 Å². The molecule has 0 unspecified atom stereocenters. The monoisotopic (exact) mass is 344 g/mol. The van der Waals surface area contributed by atoms with Gasteiger partial charge in [-0.05, 0) is 31.2 Å². The normalized spacial score (nSPS) is 21.2. The fourth-order valence-corrected chi connectivity index (χ4v) is 3.76. The van der Waals surface area contributed by atoms with Crippen LogP contribution in [0, 0.1) is 0 Å². The SMILES string of the molecule is O=C(CCC(=O)N1CCCC[C@H]1Cc1ccccc1)N1CCOCC1. The van der Waals surface area contributed by atoms with E-state index in [-0.39, 0.29) is 17.9 Å². The molecule has 2 amide bonds. The summed E-state index contributed by atoms with van der Waals surface area (Å²) in [4.78, 5) is 28.8. The Morgan fingerprint density at radius 1 is 0.960 bits per heavy atom. The van der Waals surface area contributed by atoms with E-state index in [9.17, 15) is 9.59 Å². The van der Waals surface area contributed by atoms with Gasteiger partial charge in [-0.15, -0.1) is 0 Å². The van der Waals surface area contributed by atoms with Crippen molar-refractivity contribution in [3.05, 3.63) is 35.9 Å². The van der Waals surface area contributed by atoms with Crippen LogP contribution in [0.4, 0.5) is 0 Å². The van der Waals surface area contributed by atoms with Gasteiger partial charge in [-0.25, -0.2) is 0 Å². The standard InChI is InChI=1S/C20H28N2O3/c23-19(21-12-14-25-15-13-21)9-10-20(24)22-11-5-4-8-18(22)16-17-6-2-1-3-7-17/h1-3,6-7,18H,4-5,8-16H2/t18-/m0/s1. The topological polar surface area (TPSA) is 49.9 Å². The minimum Gasteiger partial charge on any atom is -0.378 e. The van der Waals surface area contributed by atoms with E-state index in [1.807, 2.05) is 28.0 Å². The zero-order chi connectivity index (χ0) is 17.5. The summed E-state index contributed by atoms with van der Waals surface area (Å²) in [6.07, 6.45) is 4.83. The zero-order valence-electron chi connectivity index (χ0n) is 14.9. The Balaban J connectivity index is 1.52. The highest BCUT2D eigenvalue weighted by Crippen LogP contribution is 2.22.